The summed E-state index contributed by atoms with van der Waals surface area (Å²) in [5.41, 5.74) is 9.45. The molecule has 0 amide bonds. The number of hydrogen-bond acceptors (Lipinski definition) is 3. The lowest BCUT2D eigenvalue weighted by atomic mass is 9.76. The van der Waals surface area contributed by atoms with Crippen LogP contribution in [0.25, 0.3) is 0 Å². The van der Waals surface area contributed by atoms with E-state index in [9.17, 15) is 5.11 Å². The Morgan fingerprint density at radius 2 is 1.64 bits per heavy atom. The van der Waals surface area contributed by atoms with Crippen molar-refractivity contribution < 1.29 is 5.11 Å². The fourth-order valence-electron chi connectivity index (χ4n) is 3.42. The molecule has 25 heavy (non-hydrogen) atoms. The highest BCUT2D eigenvalue weighted by molar-refractivity contribution is 7.10. The molecular weight excluding hydrogens is 326 g/mol. The fourth-order valence-corrected chi connectivity index (χ4v) is 4.50. The predicted octanol–water partition coefficient (Wildman–Crippen LogP) is 4.51. The van der Waals surface area contributed by atoms with E-state index < -0.39 is 6.23 Å². The molecule has 1 aromatic heterocycles. The van der Waals surface area contributed by atoms with Gasteiger partial charge in [-0.2, -0.15) is 0 Å². The van der Waals surface area contributed by atoms with Gasteiger partial charge in [0.1, 0.15) is 6.23 Å². The number of aliphatic hydroxyl groups is 1. The Morgan fingerprint density at radius 3 is 2.28 bits per heavy atom. The van der Waals surface area contributed by atoms with Crippen molar-refractivity contribution in [2.24, 2.45) is 5.73 Å². The van der Waals surface area contributed by atoms with Gasteiger partial charge in [-0.25, -0.2) is 0 Å². The lowest BCUT2D eigenvalue weighted by Crippen LogP contribution is -2.34. The van der Waals surface area contributed by atoms with E-state index in [1.807, 2.05) is 24.3 Å². The van der Waals surface area contributed by atoms with Gasteiger partial charge in [-0.1, -0.05) is 67.6 Å². The van der Waals surface area contributed by atoms with Crippen molar-refractivity contribution in [1.82, 2.24) is 0 Å². The monoisotopic (exact) mass is 351 g/mol. The maximum absolute atomic E-state index is 9.81. The standard InChI is InChI=1S/C22H25NOS/c1-22(15-21(23)24,19-10-6-3-7-11-19)14-20-13-18(16-25-20)12-17-8-4-2-5-9-17/h2-11,13,16,21,24H,12,14-15,23H2,1H3/t21-,22?/m1/s1. The molecule has 0 aliphatic carbocycles. The predicted molar refractivity (Wildman–Crippen MR) is 106 cm³/mol. The number of aliphatic hydroxyl groups excluding tert-OH is 1. The first-order valence-corrected chi connectivity index (χ1v) is 9.52. The van der Waals surface area contributed by atoms with Crippen LogP contribution in [-0.4, -0.2) is 11.3 Å². The Morgan fingerprint density at radius 1 is 1.00 bits per heavy atom. The zero-order chi connectivity index (χ0) is 17.7. The average Bonchev–Trinajstić information content (AvgIpc) is 3.02. The van der Waals surface area contributed by atoms with Gasteiger partial charge in [-0.05, 0) is 47.4 Å². The molecule has 0 saturated heterocycles. The molecule has 2 nitrogen and oxygen atoms in total. The molecule has 0 aliphatic heterocycles. The van der Waals surface area contributed by atoms with Gasteiger partial charge < -0.3 is 10.8 Å². The lowest BCUT2D eigenvalue weighted by Gasteiger charge is -2.31. The van der Waals surface area contributed by atoms with Crippen molar-refractivity contribution in [2.45, 2.75) is 37.8 Å². The topological polar surface area (TPSA) is 46.2 Å². The molecule has 1 unspecified atom stereocenters. The van der Waals surface area contributed by atoms with Crippen LogP contribution < -0.4 is 5.73 Å². The van der Waals surface area contributed by atoms with Gasteiger partial charge in [0, 0.05) is 10.3 Å². The van der Waals surface area contributed by atoms with Crippen LogP contribution in [0.4, 0.5) is 0 Å². The summed E-state index contributed by atoms with van der Waals surface area (Å²) in [6.45, 7) is 2.19. The summed E-state index contributed by atoms with van der Waals surface area (Å²) in [6.07, 6.45) is 1.57. The van der Waals surface area contributed by atoms with Crippen molar-refractivity contribution in [3.05, 3.63) is 93.7 Å². The van der Waals surface area contributed by atoms with Crippen LogP contribution in [0, 0.1) is 0 Å². The molecular formula is C22H25NOS. The third-order valence-electron chi connectivity index (χ3n) is 4.65. The minimum absolute atomic E-state index is 0.176. The zero-order valence-electron chi connectivity index (χ0n) is 14.6. The van der Waals surface area contributed by atoms with E-state index in [1.165, 1.54) is 21.6 Å². The maximum Gasteiger partial charge on any atom is 0.103 e. The van der Waals surface area contributed by atoms with E-state index in [4.69, 9.17) is 5.73 Å². The first-order valence-electron chi connectivity index (χ1n) is 8.64. The van der Waals surface area contributed by atoms with Gasteiger partial charge in [-0.15, -0.1) is 11.3 Å². The Balaban J connectivity index is 1.78. The highest BCUT2D eigenvalue weighted by atomic mass is 32.1. The molecule has 1 heterocycles. The van der Waals surface area contributed by atoms with Crippen LogP contribution in [0.3, 0.4) is 0 Å². The summed E-state index contributed by atoms with van der Waals surface area (Å²) in [6, 6.07) is 23.2. The third kappa shape index (κ3) is 4.79. The molecule has 0 spiro atoms. The minimum atomic E-state index is -0.811. The highest BCUT2D eigenvalue weighted by Crippen LogP contribution is 2.34. The van der Waals surface area contributed by atoms with Crippen molar-refractivity contribution >= 4 is 11.3 Å². The van der Waals surface area contributed by atoms with Crippen molar-refractivity contribution in [3.63, 3.8) is 0 Å². The van der Waals surface area contributed by atoms with E-state index in [1.54, 1.807) is 11.3 Å². The first kappa shape index (κ1) is 17.9. The number of hydrogen-bond donors (Lipinski definition) is 2. The summed E-state index contributed by atoms with van der Waals surface area (Å²) in [5, 5.41) is 12.1. The molecule has 3 aromatic rings. The van der Waals surface area contributed by atoms with E-state index in [0.29, 0.717) is 6.42 Å². The van der Waals surface area contributed by atoms with Crippen LogP contribution in [0.2, 0.25) is 0 Å². The first-order chi connectivity index (χ1) is 12.0. The molecule has 3 rings (SSSR count). The Labute approximate surface area is 154 Å². The quantitative estimate of drug-likeness (QED) is 0.615. The smallest absolute Gasteiger partial charge is 0.103 e. The van der Waals surface area contributed by atoms with Gasteiger partial charge in [0.05, 0.1) is 0 Å². The van der Waals surface area contributed by atoms with Crippen molar-refractivity contribution in [1.29, 1.82) is 0 Å². The van der Waals surface area contributed by atoms with Crippen LogP contribution >= 0.6 is 11.3 Å². The lowest BCUT2D eigenvalue weighted by molar-refractivity contribution is 0.140. The van der Waals surface area contributed by atoms with Gasteiger partial charge in [0.2, 0.25) is 0 Å². The second-order valence-electron chi connectivity index (χ2n) is 6.96. The molecule has 0 bridgehead atoms. The second-order valence-corrected chi connectivity index (χ2v) is 7.95. The van der Waals surface area contributed by atoms with Crippen molar-refractivity contribution in [2.75, 3.05) is 0 Å². The molecule has 0 saturated carbocycles. The van der Waals surface area contributed by atoms with E-state index in [-0.39, 0.29) is 5.41 Å². The van der Waals surface area contributed by atoms with Crippen LogP contribution in [0.1, 0.15) is 34.9 Å². The molecule has 130 valence electrons. The second kappa shape index (κ2) is 7.96. The van der Waals surface area contributed by atoms with Gasteiger partial charge in [0.15, 0.2) is 0 Å². The number of rotatable bonds is 7. The summed E-state index contributed by atoms with van der Waals surface area (Å²) >= 11 is 1.79. The molecule has 3 N–H and O–H groups in total. The van der Waals surface area contributed by atoms with Gasteiger partial charge >= 0.3 is 0 Å². The minimum Gasteiger partial charge on any atom is -0.379 e. The molecule has 0 aliphatic rings. The summed E-state index contributed by atoms with van der Waals surface area (Å²) in [4.78, 5) is 1.33. The molecule has 2 aromatic carbocycles. The molecule has 0 fully saturated rings. The Kier molecular flexibility index (Phi) is 5.69. The maximum atomic E-state index is 9.81. The summed E-state index contributed by atoms with van der Waals surface area (Å²) < 4.78 is 0. The van der Waals surface area contributed by atoms with Crippen molar-refractivity contribution in [3.8, 4) is 0 Å². The van der Waals surface area contributed by atoms with Crippen LogP contribution in [-0.2, 0) is 18.3 Å². The zero-order valence-corrected chi connectivity index (χ0v) is 15.4. The summed E-state index contributed by atoms with van der Waals surface area (Å²) in [7, 11) is 0. The Hall–Kier alpha value is -1.94. The molecule has 2 atom stereocenters. The van der Waals surface area contributed by atoms with Gasteiger partial charge in [-0.3, -0.25) is 0 Å². The highest BCUT2D eigenvalue weighted by Gasteiger charge is 2.29. The Bertz CT molecular complexity index is 782. The SMILES string of the molecule is CC(Cc1cc(Cc2ccccc2)cs1)(C[C@H](N)O)c1ccccc1. The third-order valence-corrected chi connectivity index (χ3v) is 5.64. The summed E-state index contributed by atoms with van der Waals surface area (Å²) in [5.74, 6) is 0. The molecule has 3 heteroatoms. The number of benzene rings is 2. The average molecular weight is 352 g/mol. The number of thiophene rings is 1. The largest absolute Gasteiger partial charge is 0.379 e. The van der Waals surface area contributed by atoms with Gasteiger partial charge in [0.25, 0.3) is 0 Å². The van der Waals surface area contributed by atoms with E-state index >= 15 is 0 Å². The van der Waals surface area contributed by atoms with Crippen LogP contribution in [0.15, 0.2) is 72.1 Å². The number of nitrogens with two attached hydrogens (primary N) is 1. The normalized spacial score (nSPS) is 14.8. The fraction of sp³-hybridized carbons (Fsp3) is 0.273. The van der Waals surface area contributed by atoms with Crippen LogP contribution in [0.5, 0.6) is 0 Å². The van der Waals surface area contributed by atoms with E-state index in [2.05, 4.69) is 54.8 Å². The van der Waals surface area contributed by atoms with E-state index in [0.717, 1.165) is 12.8 Å². The molecule has 0 radical (unpaired) electrons.